The largest absolute Gasteiger partial charge is 0.334 e. The van der Waals surface area contributed by atoms with Crippen molar-refractivity contribution in [1.82, 2.24) is 14.5 Å². The molecule has 2 aromatic rings. The van der Waals surface area contributed by atoms with Crippen LogP contribution in [0.25, 0.3) is 0 Å². The van der Waals surface area contributed by atoms with Crippen molar-refractivity contribution in [3.8, 4) is 0 Å². The molecule has 0 aliphatic carbocycles. The molecule has 2 amide bonds. The maximum absolute atomic E-state index is 12.9. The Morgan fingerprint density at radius 2 is 1.50 bits per heavy atom. The van der Waals surface area contributed by atoms with E-state index < -0.39 is 10.0 Å². The van der Waals surface area contributed by atoms with Crippen molar-refractivity contribution in [2.45, 2.75) is 31.7 Å². The first-order valence-corrected chi connectivity index (χ1v) is 11.0. The van der Waals surface area contributed by atoms with Gasteiger partial charge in [0.05, 0.1) is 4.90 Å². The fraction of sp³-hybridized carbons (Fsp3) is 0.381. The maximum atomic E-state index is 12.9. The quantitative estimate of drug-likeness (QED) is 0.856. The van der Waals surface area contributed by atoms with Crippen molar-refractivity contribution in [3.05, 3.63) is 65.2 Å². The Kier molecular flexibility index (Phi) is 6.36. The van der Waals surface area contributed by atoms with E-state index >= 15 is 0 Å². The average molecular weight is 402 g/mol. The molecule has 0 saturated carbocycles. The number of nitrogens with one attached hydrogen (secondary N) is 1. The Morgan fingerprint density at radius 1 is 0.893 bits per heavy atom. The minimum Gasteiger partial charge on any atom is -0.334 e. The molecule has 1 aliphatic heterocycles. The second-order valence-electron chi connectivity index (χ2n) is 7.20. The van der Waals surface area contributed by atoms with Gasteiger partial charge in [0.25, 0.3) is 0 Å². The van der Waals surface area contributed by atoms with E-state index in [0.717, 1.165) is 11.1 Å². The first kappa shape index (κ1) is 20.4. The molecule has 6 nitrogen and oxygen atoms in total. The third-order valence-corrected chi connectivity index (χ3v) is 6.88. The normalized spacial score (nSPS) is 15.9. The highest BCUT2D eigenvalue weighted by Crippen LogP contribution is 2.18. The summed E-state index contributed by atoms with van der Waals surface area (Å²) in [6.07, 6.45) is 0.614. The molecule has 1 aliphatic rings. The summed E-state index contributed by atoms with van der Waals surface area (Å²) in [7, 11) is -3.54. The lowest BCUT2D eigenvalue weighted by molar-refractivity contribution is 0.200. The van der Waals surface area contributed by atoms with Crippen molar-refractivity contribution in [2.75, 3.05) is 26.2 Å². The first-order valence-electron chi connectivity index (χ1n) is 9.51. The fourth-order valence-electron chi connectivity index (χ4n) is 3.19. The van der Waals surface area contributed by atoms with Crippen LogP contribution in [0.1, 0.15) is 23.1 Å². The number of hydrogen-bond donors (Lipinski definition) is 1. The van der Waals surface area contributed by atoms with Gasteiger partial charge in [-0.15, -0.1) is 0 Å². The van der Waals surface area contributed by atoms with Crippen molar-refractivity contribution in [1.29, 1.82) is 0 Å². The summed E-state index contributed by atoms with van der Waals surface area (Å²) < 4.78 is 27.2. The molecule has 0 radical (unpaired) electrons. The average Bonchev–Trinajstić information content (AvgIpc) is 2.94. The predicted octanol–water partition coefficient (Wildman–Crippen LogP) is 2.91. The zero-order valence-electron chi connectivity index (χ0n) is 16.4. The minimum atomic E-state index is -3.54. The highest BCUT2D eigenvalue weighted by molar-refractivity contribution is 7.89. The van der Waals surface area contributed by atoms with E-state index in [0.29, 0.717) is 44.0 Å². The van der Waals surface area contributed by atoms with Gasteiger partial charge in [-0.05, 0) is 38.0 Å². The van der Waals surface area contributed by atoms with Crippen molar-refractivity contribution in [2.24, 2.45) is 0 Å². The third-order valence-electron chi connectivity index (χ3n) is 4.97. The van der Waals surface area contributed by atoms with Crippen LogP contribution < -0.4 is 5.32 Å². The second kappa shape index (κ2) is 8.75. The molecular formula is C21H27N3O3S. The summed E-state index contributed by atoms with van der Waals surface area (Å²) in [5, 5.41) is 2.93. The lowest BCUT2D eigenvalue weighted by Gasteiger charge is -2.22. The topological polar surface area (TPSA) is 69.7 Å². The number of amides is 2. The Hall–Kier alpha value is -2.38. The number of carbonyl (C=O) groups excluding carboxylic acids is 1. The Bertz CT molecular complexity index is 909. The van der Waals surface area contributed by atoms with Crippen molar-refractivity contribution >= 4 is 16.1 Å². The van der Waals surface area contributed by atoms with Gasteiger partial charge in [0.1, 0.15) is 0 Å². The maximum Gasteiger partial charge on any atom is 0.317 e. The standard InChI is InChI=1S/C21H27N3O3S/c1-17-4-8-19(9-5-17)16-22-21(25)23-12-3-13-24(15-14-23)28(26,27)20-10-6-18(2)7-11-20/h4-11H,3,12-16H2,1-2H3,(H,22,25). The van der Waals surface area contributed by atoms with E-state index in [-0.39, 0.29) is 6.03 Å². The van der Waals surface area contributed by atoms with Gasteiger partial charge in [-0.3, -0.25) is 0 Å². The molecule has 0 bridgehead atoms. The summed E-state index contributed by atoms with van der Waals surface area (Å²) in [4.78, 5) is 14.5. The third kappa shape index (κ3) is 4.91. The molecule has 1 heterocycles. The van der Waals surface area contributed by atoms with E-state index in [1.54, 1.807) is 29.2 Å². The summed E-state index contributed by atoms with van der Waals surface area (Å²) in [5.41, 5.74) is 3.24. The summed E-state index contributed by atoms with van der Waals surface area (Å²) in [6.45, 7) is 6.04. The lowest BCUT2D eigenvalue weighted by Crippen LogP contribution is -2.42. The number of rotatable bonds is 4. The van der Waals surface area contributed by atoms with Crippen LogP contribution >= 0.6 is 0 Å². The zero-order valence-corrected chi connectivity index (χ0v) is 17.2. The highest BCUT2D eigenvalue weighted by Gasteiger charge is 2.28. The smallest absolute Gasteiger partial charge is 0.317 e. The SMILES string of the molecule is Cc1ccc(CNC(=O)N2CCCN(S(=O)(=O)c3ccc(C)cc3)CC2)cc1. The van der Waals surface area contributed by atoms with E-state index in [4.69, 9.17) is 0 Å². The van der Waals surface area contributed by atoms with Crippen LogP contribution in [-0.2, 0) is 16.6 Å². The highest BCUT2D eigenvalue weighted by atomic mass is 32.2. The van der Waals surface area contributed by atoms with E-state index in [1.165, 1.54) is 9.87 Å². The van der Waals surface area contributed by atoms with Crippen LogP contribution in [0.5, 0.6) is 0 Å². The van der Waals surface area contributed by atoms with Crippen molar-refractivity contribution < 1.29 is 13.2 Å². The Morgan fingerprint density at radius 3 is 2.14 bits per heavy atom. The van der Waals surface area contributed by atoms with Gasteiger partial charge in [-0.25, -0.2) is 13.2 Å². The van der Waals surface area contributed by atoms with Gasteiger partial charge in [0.2, 0.25) is 10.0 Å². The molecule has 0 aromatic heterocycles. The second-order valence-corrected chi connectivity index (χ2v) is 9.14. The van der Waals surface area contributed by atoms with Crippen molar-refractivity contribution in [3.63, 3.8) is 0 Å². The molecule has 1 N–H and O–H groups in total. The number of hydrogen-bond acceptors (Lipinski definition) is 3. The molecule has 0 unspecified atom stereocenters. The van der Waals surface area contributed by atoms with Gasteiger partial charge >= 0.3 is 6.03 Å². The summed E-state index contributed by atoms with van der Waals surface area (Å²) in [5.74, 6) is 0. The first-order chi connectivity index (χ1) is 13.4. The van der Waals surface area contributed by atoms with Crippen LogP contribution in [0.2, 0.25) is 0 Å². The Balaban J connectivity index is 1.58. The zero-order chi connectivity index (χ0) is 20.1. The fourth-order valence-corrected chi connectivity index (χ4v) is 4.66. The number of benzene rings is 2. The van der Waals surface area contributed by atoms with Crippen LogP contribution in [-0.4, -0.2) is 49.8 Å². The number of carbonyl (C=O) groups is 1. The molecule has 2 aromatic carbocycles. The number of nitrogens with zero attached hydrogens (tertiary/aromatic N) is 2. The van der Waals surface area contributed by atoms with E-state index in [1.807, 2.05) is 38.1 Å². The van der Waals surface area contributed by atoms with E-state index in [2.05, 4.69) is 5.32 Å². The molecule has 1 fully saturated rings. The molecule has 7 heteroatoms. The minimum absolute atomic E-state index is 0.157. The molecule has 0 spiro atoms. The number of aryl methyl sites for hydroxylation is 2. The van der Waals surface area contributed by atoms with Gasteiger partial charge in [0.15, 0.2) is 0 Å². The number of urea groups is 1. The van der Waals surface area contributed by atoms with Gasteiger partial charge in [0, 0.05) is 32.7 Å². The molecular weight excluding hydrogens is 374 g/mol. The van der Waals surface area contributed by atoms with Crippen LogP contribution in [0.4, 0.5) is 4.79 Å². The summed E-state index contributed by atoms with van der Waals surface area (Å²) >= 11 is 0. The van der Waals surface area contributed by atoms with Gasteiger partial charge < -0.3 is 10.2 Å². The predicted molar refractivity (Wildman–Crippen MR) is 110 cm³/mol. The van der Waals surface area contributed by atoms with Crippen LogP contribution in [0, 0.1) is 13.8 Å². The molecule has 3 rings (SSSR count). The molecule has 1 saturated heterocycles. The molecule has 28 heavy (non-hydrogen) atoms. The lowest BCUT2D eigenvalue weighted by atomic mass is 10.1. The summed E-state index contributed by atoms with van der Waals surface area (Å²) in [6, 6.07) is 14.7. The van der Waals surface area contributed by atoms with Gasteiger partial charge in [-0.2, -0.15) is 4.31 Å². The number of sulfonamides is 1. The monoisotopic (exact) mass is 401 g/mol. The van der Waals surface area contributed by atoms with E-state index in [9.17, 15) is 13.2 Å². The molecule has 0 atom stereocenters. The van der Waals surface area contributed by atoms with Crippen LogP contribution in [0.3, 0.4) is 0 Å². The van der Waals surface area contributed by atoms with Crippen LogP contribution in [0.15, 0.2) is 53.4 Å². The van der Waals surface area contributed by atoms with Gasteiger partial charge in [-0.1, -0.05) is 47.5 Å². The Labute approximate surface area is 167 Å². The molecule has 150 valence electrons.